The van der Waals surface area contributed by atoms with E-state index in [1.807, 2.05) is 24.3 Å². The predicted molar refractivity (Wildman–Crippen MR) is 100 cm³/mol. The third-order valence-electron chi connectivity index (χ3n) is 4.28. The number of carboxylic acid groups (broad SMARTS) is 2. The number of hydrogen-bond acceptors (Lipinski definition) is 6. The summed E-state index contributed by atoms with van der Waals surface area (Å²) < 4.78 is 10.8. The summed E-state index contributed by atoms with van der Waals surface area (Å²) in [6, 6.07) is 7.52. The van der Waals surface area contributed by atoms with Gasteiger partial charge in [0.25, 0.3) is 0 Å². The maximum absolute atomic E-state index is 12.0. The molecule has 2 fully saturated rings. The van der Waals surface area contributed by atoms with Gasteiger partial charge in [-0.3, -0.25) is 9.69 Å². The number of benzene rings is 1. The highest BCUT2D eigenvalue weighted by Crippen LogP contribution is 2.34. The Balaban J connectivity index is 0.000000300. The van der Waals surface area contributed by atoms with Gasteiger partial charge in [-0.15, -0.1) is 0 Å². The molecule has 0 saturated carbocycles. The first kappa shape index (κ1) is 21.9. The van der Waals surface area contributed by atoms with E-state index in [4.69, 9.17) is 31.3 Å². The quantitative estimate of drug-likeness (QED) is 0.558. The van der Waals surface area contributed by atoms with Gasteiger partial charge in [-0.2, -0.15) is 0 Å². The Morgan fingerprint density at radius 1 is 1.11 bits per heavy atom. The van der Waals surface area contributed by atoms with E-state index in [1.54, 1.807) is 0 Å². The molecule has 2 atom stereocenters. The van der Waals surface area contributed by atoms with Crippen molar-refractivity contribution in [1.29, 1.82) is 0 Å². The molecule has 1 aromatic carbocycles. The number of hydrogen-bond donors (Lipinski definition) is 2. The lowest BCUT2D eigenvalue weighted by atomic mass is 9.99. The average molecular weight is 412 g/mol. The van der Waals surface area contributed by atoms with Gasteiger partial charge in [0.15, 0.2) is 0 Å². The number of halogens is 1. The van der Waals surface area contributed by atoms with Gasteiger partial charge in [-0.25, -0.2) is 9.59 Å². The summed E-state index contributed by atoms with van der Waals surface area (Å²) >= 11 is 5.88. The summed E-state index contributed by atoms with van der Waals surface area (Å²) in [7, 11) is 0. The molecule has 1 aromatic rings. The molecular weight excluding hydrogens is 390 g/mol. The highest BCUT2D eigenvalue weighted by molar-refractivity contribution is 6.30. The van der Waals surface area contributed by atoms with Crippen LogP contribution in [-0.4, -0.2) is 65.9 Å². The van der Waals surface area contributed by atoms with Crippen LogP contribution in [0.1, 0.15) is 18.1 Å². The van der Waals surface area contributed by atoms with E-state index in [2.05, 4.69) is 4.90 Å². The topological polar surface area (TPSA) is 113 Å². The highest BCUT2D eigenvalue weighted by Gasteiger charge is 2.36. The minimum absolute atomic E-state index is 0.0335. The second kappa shape index (κ2) is 10.8. The van der Waals surface area contributed by atoms with Gasteiger partial charge in [0.05, 0.1) is 19.1 Å². The summed E-state index contributed by atoms with van der Waals surface area (Å²) in [5.74, 6) is -2.63. The molecule has 0 amide bonds. The zero-order valence-corrected chi connectivity index (χ0v) is 15.9. The van der Waals surface area contributed by atoms with Crippen molar-refractivity contribution in [3.05, 3.63) is 47.0 Å². The van der Waals surface area contributed by atoms with E-state index in [0.717, 1.165) is 44.8 Å². The van der Waals surface area contributed by atoms with Gasteiger partial charge in [0.2, 0.25) is 0 Å². The van der Waals surface area contributed by atoms with E-state index in [-0.39, 0.29) is 18.0 Å². The Labute approximate surface area is 167 Å². The fourth-order valence-corrected chi connectivity index (χ4v) is 3.03. The third-order valence-corrected chi connectivity index (χ3v) is 4.53. The number of rotatable bonds is 5. The molecule has 9 heteroatoms. The van der Waals surface area contributed by atoms with Crippen LogP contribution in [0.25, 0.3) is 0 Å². The molecule has 0 spiro atoms. The summed E-state index contributed by atoms with van der Waals surface area (Å²) in [6.07, 6.45) is 1.73. The van der Waals surface area contributed by atoms with Crippen LogP contribution in [0.3, 0.4) is 0 Å². The average Bonchev–Trinajstić information content (AvgIpc) is 3.02. The van der Waals surface area contributed by atoms with Crippen LogP contribution in [0.2, 0.25) is 5.02 Å². The Kier molecular flexibility index (Phi) is 8.43. The van der Waals surface area contributed by atoms with Crippen LogP contribution in [-0.2, 0) is 23.9 Å². The monoisotopic (exact) mass is 411 g/mol. The summed E-state index contributed by atoms with van der Waals surface area (Å²) in [5.41, 5.74) is 1.02. The maximum Gasteiger partial charge on any atom is 0.328 e. The number of esters is 1. The number of nitrogens with zero attached hydrogens (tertiary/aromatic N) is 1. The highest BCUT2D eigenvalue weighted by atomic mass is 35.5. The largest absolute Gasteiger partial charge is 0.478 e. The summed E-state index contributed by atoms with van der Waals surface area (Å²) in [5, 5.41) is 16.3. The smallest absolute Gasteiger partial charge is 0.328 e. The molecule has 2 unspecified atom stereocenters. The standard InChI is InChI=1S/C15H18ClNO3.C4H4O4/c16-13-3-1-11(2-4-13)14-9-12(15(18)20-14)10-17-5-7-19-8-6-17;5-3(6)1-2-4(7)8/h1-4,12,14H,5-10H2;1-2H,(H,5,6)(H,7,8)/b;2-1+. The lowest BCUT2D eigenvalue weighted by molar-refractivity contribution is -0.145. The summed E-state index contributed by atoms with van der Waals surface area (Å²) in [6.45, 7) is 4.07. The number of ether oxygens (including phenoxy) is 2. The van der Waals surface area contributed by atoms with E-state index < -0.39 is 11.9 Å². The molecule has 0 radical (unpaired) electrons. The Morgan fingerprint density at radius 2 is 1.68 bits per heavy atom. The molecule has 3 rings (SSSR count). The molecule has 2 N–H and O–H groups in total. The molecule has 2 aliphatic rings. The van der Waals surface area contributed by atoms with Crippen molar-refractivity contribution in [1.82, 2.24) is 4.90 Å². The molecule has 0 bridgehead atoms. The van der Waals surface area contributed by atoms with E-state index >= 15 is 0 Å². The molecule has 8 nitrogen and oxygen atoms in total. The van der Waals surface area contributed by atoms with Gasteiger partial charge in [0, 0.05) is 43.2 Å². The van der Waals surface area contributed by atoms with Crippen LogP contribution in [0.4, 0.5) is 0 Å². The normalized spacial score (nSPS) is 22.4. The lowest BCUT2D eigenvalue weighted by Crippen LogP contribution is -2.40. The van der Waals surface area contributed by atoms with E-state index in [9.17, 15) is 14.4 Å². The minimum Gasteiger partial charge on any atom is -0.478 e. The first-order chi connectivity index (χ1) is 13.3. The summed E-state index contributed by atoms with van der Waals surface area (Å²) in [4.78, 5) is 33.4. The van der Waals surface area contributed by atoms with Gasteiger partial charge in [-0.1, -0.05) is 23.7 Å². The zero-order valence-electron chi connectivity index (χ0n) is 15.1. The predicted octanol–water partition coefficient (Wildman–Crippen LogP) is 1.99. The molecule has 152 valence electrons. The molecule has 2 heterocycles. The van der Waals surface area contributed by atoms with Gasteiger partial charge in [0.1, 0.15) is 6.10 Å². The number of carbonyl (C=O) groups excluding carboxylic acids is 1. The van der Waals surface area contributed by atoms with Crippen LogP contribution < -0.4 is 0 Å². The van der Waals surface area contributed by atoms with Crippen molar-refractivity contribution in [2.75, 3.05) is 32.8 Å². The van der Waals surface area contributed by atoms with Crippen molar-refractivity contribution in [2.45, 2.75) is 12.5 Å². The van der Waals surface area contributed by atoms with Crippen molar-refractivity contribution < 1.29 is 34.1 Å². The fraction of sp³-hybridized carbons (Fsp3) is 0.421. The van der Waals surface area contributed by atoms with Crippen LogP contribution in [0.15, 0.2) is 36.4 Å². The molecular formula is C19H22ClNO7. The van der Waals surface area contributed by atoms with Gasteiger partial charge >= 0.3 is 17.9 Å². The molecule has 28 heavy (non-hydrogen) atoms. The Morgan fingerprint density at radius 3 is 2.21 bits per heavy atom. The number of cyclic esters (lactones) is 1. The third kappa shape index (κ3) is 7.30. The molecule has 2 saturated heterocycles. The van der Waals surface area contributed by atoms with Crippen LogP contribution in [0.5, 0.6) is 0 Å². The van der Waals surface area contributed by atoms with E-state index in [1.165, 1.54) is 0 Å². The van der Waals surface area contributed by atoms with Crippen molar-refractivity contribution in [3.8, 4) is 0 Å². The SMILES string of the molecule is O=C(O)/C=C/C(=O)O.O=C1OC(c2ccc(Cl)cc2)CC1CN1CCOCC1. The minimum atomic E-state index is -1.26. The fourth-order valence-electron chi connectivity index (χ4n) is 2.91. The molecule has 0 aromatic heterocycles. The number of aliphatic carboxylic acids is 2. The van der Waals surface area contributed by atoms with Crippen molar-refractivity contribution in [3.63, 3.8) is 0 Å². The molecule has 0 aliphatic carbocycles. The Bertz CT molecular complexity index is 697. The number of carbonyl (C=O) groups is 3. The first-order valence-corrected chi connectivity index (χ1v) is 9.13. The van der Waals surface area contributed by atoms with Crippen LogP contribution >= 0.6 is 11.6 Å². The lowest BCUT2D eigenvalue weighted by Gasteiger charge is -2.27. The van der Waals surface area contributed by atoms with Crippen LogP contribution in [0, 0.1) is 5.92 Å². The number of morpholine rings is 1. The van der Waals surface area contributed by atoms with Crippen molar-refractivity contribution >= 4 is 29.5 Å². The zero-order chi connectivity index (χ0) is 20.5. The maximum atomic E-state index is 12.0. The van der Waals surface area contributed by atoms with Crippen molar-refractivity contribution in [2.24, 2.45) is 5.92 Å². The van der Waals surface area contributed by atoms with E-state index in [0.29, 0.717) is 17.2 Å². The second-order valence-electron chi connectivity index (χ2n) is 6.33. The molecule has 2 aliphatic heterocycles. The van der Waals surface area contributed by atoms with Gasteiger partial charge < -0.3 is 19.7 Å². The second-order valence-corrected chi connectivity index (χ2v) is 6.77. The first-order valence-electron chi connectivity index (χ1n) is 8.75. The van der Waals surface area contributed by atoms with Gasteiger partial charge in [-0.05, 0) is 17.7 Å². The number of carboxylic acids is 2. The Hall–Kier alpha value is -2.42.